The zero-order chi connectivity index (χ0) is 13.1. The molecule has 2 nitrogen and oxygen atoms in total. The largest absolute Gasteiger partial charge is 0.341 e. The van der Waals surface area contributed by atoms with Crippen molar-refractivity contribution in [3.63, 3.8) is 0 Å². The Morgan fingerprint density at radius 2 is 2.06 bits per heavy atom. The highest BCUT2D eigenvalue weighted by atomic mass is 35.5. The lowest BCUT2D eigenvalue weighted by Crippen LogP contribution is -2.37. The number of halogens is 1. The lowest BCUT2D eigenvalue weighted by molar-refractivity contribution is -0.139. The molecule has 1 aromatic carbocycles. The average molecular weight is 254 g/mol. The smallest absolute Gasteiger partial charge is 0.228 e. The molecule has 0 heterocycles. The fourth-order valence-electron chi connectivity index (χ4n) is 1.65. The standard InChI is InChI=1S/C14H20ClNO/c1-5-14(2,3)13(17)16(4)10-11-7-6-8-12(15)9-11/h6-9H,5,10H2,1-4H3. The van der Waals surface area contributed by atoms with Gasteiger partial charge in [-0.1, -0.05) is 44.5 Å². The van der Waals surface area contributed by atoms with Gasteiger partial charge in [0, 0.05) is 24.0 Å². The molecule has 1 rings (SSSR count). The Labute approximate surface area is 109 Å². The number of rotatable bonds is 4. The van der Waals surface area contributed by atoms with E-state index < -0.39 is 0 Å². The molecular weight excluding hydrogens is 234 g/mol. The molecule has 0 saturated carbocycles. The number of benzene rings is 1. The number of amides is 1. The molecule has 3 heteroatoms. The van der Waals surface area contributed by atoms with E-state index in [-0.39, 0.29) is 11.3 Å². The highest BCUT2D eigenvalue weighted by Gasteiger charge is 2.28. The fourth-order valence-corrected chi connectivity index (χ4v) is 1.86. The van der Waals surface area contributed by atoms with Crippen molar-refractivity contribution in [2.75, 3.05) is 7.05 Å². The highest BCUT2D eigenvalue weighted by Crippen LogP contribution is 2.23. The lowest BCUT2D eigenvalue weighted by Gasteiger charge is -2.28. The van der Waals surface area contributed by atoms with Crippen LogP contribution in [0.4, 0.5) is 0 Å². The Hall–Kier alpha value is -1.02. The van der Waals surface area contributed by atoms with Crippen molar-refractivity contribution in [2.45, 2.75) is 33.7 Å². The molecule has 1 aromatic rings. The zero-order valence-electron chi connectivity index (χ0n) is 11.0. The van der Waals surface area contributed by atoms with Gasteiger partial charge < -0.3 is 4.90 Å². The van der Waals surface area contributed by atoms with Crippen LogP contribution in [-0.4, -0.2) is 17.9 Å². The van der Waals surface area contributed by atoms with Gasteiger partial charge in [-0.3, -0.25) is 4.79 Å². The topological polar surface area (TPSA) is 20.3 Å². The summed E-state index contributed by atoms with van der Waals surface area (Å²) in [5.41, 5.74) is 0.758. The van der Waals surface area contributed by atoms with Crippen LogP contribution in [0, 0.1) is 5.41 Å². The average Bonchev–Trinajstić information content (AvgIpc) is 2.28. The van der Waals surface area contributed by atoms with Crippen molar-refractivity contribution in [3.8, 4) is 0 Å². The van der Waals surface area contributed by atoms with Crippen LogP contribution < -0.4 is 0 Å². The molecule has 0 aromatic heterocycles. The first kappa shape index (κ1) is 14.0. The zero-order valence-corrected chi connectivity index (χ0v) is 11.7. The maximum atomic E-state index is 12.2. The van der Waals surface area contributed by atoms with Crippen LogP contribution in [0.2, 0.25) is 5.02 Å². The predicted octanol–water partition coefficient (Wildman–Crippen LogP) is 3.73. The third-order valence-electron chi connectivity index (χ3n) is 3.12. The molecule has 0 aliphatic rings. The molecule has 17 heavy (non-hydrogen) atoms. The van der Waals surface area contributed by atoms with Crippen LogP contribution in [0.5, 0.6) is 0 Å². The van der Waals surface area contributed by atoms with E-state index in [2.05, 4.69) is 0 Å². The maximum absolute atomic E-state index is 12.2. The van der Waals surface area contributed by atoms with E-state index in [0.717, 1.165) is 12.0 Å². The van der Waals surface area contributed by atoms with Crippen molar-refractivity contribution < 1.29 is 4.79 Å². The van der Waals surface area contributed by atoms with Crippen molar-refractivity contribution in [3.05, 3.63) is 34.9 Å². The number of hydrogen-bond acceptors (Lipinski definition) is 1. The summed E-state index contributed by atoms with van der Waals surface area (Å²) in [6, 6.07) is 7.61. The van der Waals surface area contributed by atoms with Gasteiger partial charge in [-0.2, -0.15) is 0 Å². The Balaban J connectivity index is 2.73. The number of hydrogen-bond donors (Lipinski definition) is 0. The highest BCUT2D eigenvalue weighted by molar-refractivity contribution is 6.30. The van der Waals surface area contributed by atoms with Crippen LogP contribution in [0.15, 0.2) is 24.3 Å². The monoisotopic (exact) mass is 253 g/mol. The molecule has 0 fully saturated rings. The summed E-state index contributed by atoms with van der Waals surface area (Å²) in [6.07, 6.45) is 0.839. The second-order valence-corrected chi connectivity index (χ2v) is 5.47. The molecule has 1 amide bonds. The van der Waals surface area contributed by atoms with Crippen molar-refractivity contribution in [2.24, 2.45) is 5.41 Å². The molecule has 94 valence electrons. The minimum atomic E-state index is -0.298. The van der Waals surface area contributed by atoms with E-state index >= 15 is 0 Å². The second kappa shape index (κ2) is 5.54. The summed E-state index contributed by atoms with van der Waals surface area (Å²) >= 11 is 5.92. The molecule has 0 atom stereocenters. The van der Waals surface area contributed by atoms with Crippen LogP contribution in [-0.2, 0) is 11.3 Å². The minimum Gasteiger partial charge on any atom is -0.341 e. The third-order valence-corrected chi connectivity index (χ3v) is 3.35. The van der Waals surface area contributed by atoms with E-state index in [4.69, 9.17) is 11.6 Å². The van der Waals surface area contributed by atoms with E-state index in [1.54, 1.807) is 4.90 Å². The Morgan fingerprint density at radius 3 is 2.59 bits per heavy atom. The maximum Gasteiger partial charge on any atom is 0.228 e. The van der Waals surface area contributed by atoms with Crippen LogP contribution in [0.3, 0.4) is 0 Å². The van der Waals surface area contributed by atoms with Crippen molar-refractivity contribution >= 4 is 17.5 Å². The summed E-state index contributed by atoms with van der Waals surface area (Å²) in [6.45, 7) is 6.58. The molecular formula is C14H20ClNO. The van der Waals surface area contributed by atoms with Gasteiger partial charge in [0.2, 0.25) is 5.91 Å². The van der Waals surface area contributed by atoms with Gasteiger partial charge in [0.15, 0.2) is 0 Å². The fraction of sp³-hybridized carbons (Fsp3) is 0.500. The van der Waals surface area contributed by atoms with E-state index in [9.17, 15) is 4.79 Å². The van der Waals surface area contributed by atoms with E-state index in [1.165, 1.54) is 0 Å². The van der Waals surface area contributed by atoms with Gasteiger partial charge >= 0.3 is 0 Å². The van der Waals surface area contributed by atoms with Gasteiger partial charge in [-0.15, -0.1) is 0 Å². The summed E-state index contributed by atoms with van der Waals surface area (Å²) in [4.78, 5) is 13.9. The second-order valence-electron chi connectivity index (χ2n) is 5.03. The molecule has 0 radical (unpaired) electrons. The lowest BCUT2D eigenvalue weighted by atomic mass is 9.88. The first-order chi connectivity index (χ1) is 7.86. The number of nitrogens with zero attached hydrogens (tertiary/aromatic N) is 1. The molecule has 0 N–H and O–H groups in total. The van der Waals surface area contributed by atoms with Gasteiger partial charge in [0.05, 0.1) is 0 Å². The quantitative estimate of drug-likeness (QED) is 0.801. The first-order valence-corrected chi connectivity index (χ1v) is 6.24. The predicted molar refractivity (Wildman–Crippen MR) is 72.0 cm³/mol. The van der Waals surface area contributed by atoms with Crippen LogP contribution in [0.1, 0.15) is 32.8 Å². The summed E-state index contributed by atoms with van der Waals surface area (Å²) in [7, 11) is 1.83. The molecule has 0 aliphatic heterocycles. The minimum absolute atomic E-state index is 0.167. The van der Waals surface area contributed by atoms with Gasteiger partial charge in [0.1, 0.15) is 0 Å². The van der Waals surface area contributed by atoms with Crippen molar-refractivity contribution in [1.29, 1.82) is 0 Å². The van der Waals surface area contributed by atoms with Crippen LogP contribution >= 0.6 is 11.6 Å². The normalized spacial score (nSPS) is 11.4. The Bertz CT molecular complexity index is 401. The summed E-state index contributed by atoms with van der Waals surface area (Å²) in [5.74, 6) is 0.167. The Kier molecular flexibility index (Phi) is 4.58. The molecule has 0 bridgehead atoms. The van der Waals surface area contributed by atoms with E-state index in [1.807, 2.05) is 52.1 Å². The Morgan fingerprint density at radius 1 is 1.41 bits per heavy atom. The summed E-state index contributed by atoms with van der Waals surface area (Å²) in [5, 5.41) is 0.707. The third kappa shape index (κ3) is 3.74. The molecule has 0 saturated heterocycles. The SMILES string of the molecule is CCC(C)(C)C(=O)N(C)Cc1cccc(Cl)c1. The molecule has 0 aliphatic carbocycles. The first-order valence-electron chi connectivity index (χ1n) is 5.87. The van der Waals surface area contributed by atoms with Crippen LogP contribution in [0.25, 0.3) is 0 Å². The van der Waals surface area contributed by atoms with Gasteiger partial charge in [-0.05, 0) is 24.1 Å². The van der Waals surface area contributed by atoms with Crippen molar-refractivity contribution in [1.82, 2.24) is 4.90 Å². The van der Waals surface area contributed by atoms with Gasteiger partial charge in [0.25, 0.3) is 0 Å². The summed E-state index contributed by atoms with van der Waals surface area (Å²) < 4.78 is 0. The van der Waals surface area contributed by atoms with E-state index in [0.29, 0.717) is 11.6 Å². The number of carbonyl (C=O) groups is 1. The number of carbonyl (C=O) groups excluding carboxylic acids is 1. The molecule has 0 spiro atoms. The van der Waals surface area contributed by atoms with Gasteiger partial charge in [-0.25, -0.2) is 0 Å². The molecule has 0 unspecified atom stereocenters.